The minimum atomic E-state index is -0.0829. The summed E-state index contributed by atoms with van der Waals surface area (Å²) in [4.78, 5) is 11.8. The summed E-state index contributed by atoms with van der Waals surface area (Å²) in [6, 6.07) is 0. The maximum Gasteiger partial charge on any atom is 0.305 e. The van der Waals surface area contributed by atoms with Crippen LogP contribution in [0.3, 0.4) is 0 Å². The molecule has 0 atom stereocenters. The maximum absolute atomic E-state index is 11.8. The molecule has 0 aliphatic rings. The minimum absolute atomic E-state index is 0.0829. The van der Waals surface area contributed by atoms with Crippen molar-refractivity contribution in [1.29, 1.82) is 0 Å². The van der Waals surface area contributed by atoms with Gasteiger partial charge in [0, 0.05) is 19.6 Å². The summed E-state index contributed by atoms with van der Waals surface area (Å²) in [6.45, 7) is 7.84. The van der Waals surface area contributed by atoms with E-state index in [1.54, 1.807) is 0 Å². The summed E-state index contributed by atoms with van der Waals surface area (Å²) in [7, 11) is 0. The molecule has 0 N–H and O–H groups in total. The van der Waals surface area contributed by atoms with Crippen molar-refractivity contribution in [2.75, 3.05) is 33.0 Å². The van der Waals surface area contributed by atoms with Gasteiger partial charge in [0.2, 0.25) is 0 Å². The van der Waals surface area contributed by atoms with E-state index >= 15 is 0 Å². The molecule has 0 heterocycles. The van der Waals surface area contributed by atoms with Gasteiger partial charge >= 0.3 is 5.97 Å². The highest BCUT2D eigenvalue weighted by Gasteiger charge is 2.03. The quantitative estimate of drug-likeness (QED) is 0.0613. The molecule has 0 aromatic heterocycles. The number of unbranched alkanes of at least 4 members (excludes halogenated alkanes) is 22. The second-order valence-corrected chi connectivity index (χ2v) is 11.3. The summed E-state index contributed by atoms with van der Waals surface area (Å²) in [6.07, 6.45) is 33.5. The zero-order valence-electron chi connectivity index (χ0n) is 26.1. The number of hydrogen-bond donors (Lipinski definition) is 0. The Morgan fingerprint density at radius 3 is 1.08 bits per heavy atom. The Hall–Kier alpha value is -0.610. The second kappa shape index (κ2) is 34.4. The summed E-state index contributed by atoms with van der Waals surface area (Å²) < 4.78 is 16.6. The van der Waals surface area contributed by atoms with Crippen molar-refractivity contribution in [2.24, 2.45) is 0 Å². The molecule has 0 unspecified atom stereocenters. The molecule has 0 spiro atoms. The molecule has 0 bridgehead atoms. The second-order valence-electron chi connectivity index (χ2n) is 11.3. The third-order valence-electron chi connectivity index (χ3n) is 7.44. The number of ether oxygens (including phenoxy) is 3. The van der Waals surface area contributed by atoms with Crippen LogP contribution in [0.2, 0.25) is 0 Å². The molecule has 0 saturated carbocycles. The van der Waals surface area contributed by atoms with E-state index in [1.807, 2.05) is 0 Å². The first kappa shape index (κ1) is 37.4. The van der Waals surface area contributed by atoms with Gasteiger partial charge in [-0.2, -0.15) is 0 Å². The Labute approximate surface area is 238 Å². The Morgan fingerprint density at radius 1 is 0.368 bits per heavy atom. The van der Waals surface area contributed by atoms with Crippen LogP contribution in [0.4, 0.5) is 0 Å². The van der Waals surface area contributed by atoms with Gasteiger partial charge in [-0.3, -0.25) is 4.79 Å². The molecule has 38 heavy (non-hydrogen) atoms. The molecule has 0 fully saturated rings. The monoisotopic (exact) mass is 541 g/mol. The normalized spacial score (nSPS) is 11.3. The smallest absolute Gasteiger partial charge is 0.305 e. The van der Waals surface area contributed by atoms with E-state index in [-0.39, 0.29) is 5.97 Å². The molecular weight excluding hydrogens is 472 g/mol. The summed E-state index contributed by atoms with van der Waals surface area (Å²) in [5.74, 6) is -0.0829. The lowest BCUT2D eigenvalue weighted by molar-refractivity contribution is -0.144. The van der Waals surface area contributed by atoms with Gasteiger partial charge < -0.3 is 14.2 Å². The highest BCUT2D eigenvalue weighted by molar-refractivity contribution is 5.69. The molecule has 228 valence electrons. The van der Waals surface area contributed by atoms with Crippen LogP contribution in [-0.4, -0.2) is 39.0 Å². The molecule has 0 radical (unpaired) electrons. The molecule has 0 amide bonds. The van der Waals surface area contributed by atoms with Crippen LogP contribution in [0.5, 0.6) is 0 Å². The summed E-state index contributed by atoms with van der Waals surface area (Å²) >= 11 is 0. The lowest BCUT2D eigenvalue weighted by Crippen LogP contribution is -2.09. The van der Waals surface area contributed by atoms with Crippen LogP contribution in [0.15, 0.2) is 0 Å². The van der Waals surface area contributed by atoms with Crippen molar-refractivity contribution in [1.82, 2.24) is 0 Å². The van der Waals surface area contributed by atoms with E-state index in [1.165, 1.54) is 141 Å². The third-order valence-corrected chi connectivity index (χ3v) is 7.44. The molecule has 0 aliphatic carbocycles. The highest BCUT2D eigenvalue weighted by atomic mass is 16.5. The molecule has 0 rings (SSSR count). The predicted octanol–water partition coefficient (Wildman–Crippen LogP) is 10.7. The van der Waals surface area contributed by atoms with Crippen molar-refractivity contribution < 1.29 is 19.0 Å². The van der Waals surface area contributed by atoms with E-state index < -0.39 is 0 Å². The van der Waals surface area contributed by atoms with Crippen LogP contribution in [0, 0.1) is 0 Å². The molecule has 4 heteroatoms. The Bertz CT molecular complexity index is 440. The van der Waals surface area contributed by atoms with Crippen LogP contribution in [0.1, 0.15) is 181 Å². The SMILES string of the molecule is CCCCCCCCCCCCCCCCOC(=O)CCCOCCOCCCCCCCCCCCC. The molecule has 0 aliphatic heterocycles. The average Bonchev–Trinajstić information content (AvgIpc) is 2.92. The van der Waals surface area contributed by atoms with Crippen LogP contribution in [-0.2, 0) is 19.0 Å². The first-order valence-electron chi connectivity index (χ1n) is 17.1. The highest BCUT2D eigenvalue weighted by Crippen LogP contribution is 2.13. The van der Waals surface area contributed by atoms with Crippen LogP contribution >= 0.6 is 0 Å². The molecule has 0 aromatic rings. The van der Waals surface area contributed by atoms with Gasteiger partial charge in [0.25, 0.3) is 0 Å². The summed E-state index contributed by atoms with van der Waals surface area (Å²) in [5.41, 5.74) is 0. The third kappa shape index (κ3) is 33.4. The predicted molar refractivity (Wildman–Crippen MR) is 164 cm³/mol. The van der Waals surface area contributed by atoms with E-state index in [4.69, 9.17) is 14.2 Å². The van der Waals surface area contributed by atoms with Gasteiger partial charge in [0.1, 0.15) is 0 Å². The lowest BCUT2D eigenvalue weighted by Gasteiger charge is -2.07. The first-order valence-corrected chi connectivity index (χ1v) is 17.1. The fourth-order valence-electron chi connectivity index (χ4n) is 4.89. The van der Waals surface area contributed by atoms with Gasteiger partial charge in [-0.25, -0.2) is 0 Å². The Morgan fingerprint density at radius 2 is 0.684 bits per heavy atom. The number of hydrogen-bond acceptors (Lipinski definition) is 4. The van der Waals surface area contributed by atoms with E-state index in [2.05, 4.69) is 13.8 Å². The van der Waals surface area contributed by atoms with Crippen LogP contribution < -0.4 is 0 Å². The summed E-state index contributed by atoms with van der Waals surface area (Å²) in [5, 5.41) is 0. The topological polar surface area (TPSA) is 44.8 Å². The van der Waals surface area contributed by atoms with E-state index in [9.17, 15) is 4.79 Å². The fraction of sp³-hybridized carbons (Fsp3) is 0.971. The number of esters is 1. The van der Waals surface area contributed by atoms with Crippen LogP contribution in [0.25, 0.3) is 0 Å². The molecular formula is C34H68O4. The fourth-order valence-corrected chi connectivity index (χ4v) is 4.89. The zero-order valence-corrected chi connectivity index (χ0v) is 26.1. The Balaban J connectivity index is 3.14. The molecule has 4 nitrogen and oxygen atoms in total. The van der Waals surface area contributed by atoms with Gasteiger partial charge in [0.05, 0.1) is 19.8 Å². The standard InChI is InChI=1S/C34H68O4/c1-3-5-7-9-11-13-15-16-17-18-20-22-24-26-31-38-34(35)28-27-30-37-33-32-36-29-25-23-21-19-14-12-10-8-6-4-2/h3-33H2,1-2H3. The zero-order chi connectivity index (χ0) is 27.6. The molecule has 0 saturated heterocycles. The van der Waals surface area contributed by atoms with E-state index in [0.717, 1.165) is 25.9 Å². The van der Waals surface area contributed by atoms with Gasteiger partial charge in [-0.15, -0.1) is 0 Å². The van der Waals surface area contributed by atoms with Crippen molar-refractivity contribution in [3.63, 3.8) is 0 Å². The van der Waals surface area contributed by atoms with Crippen molar-refractivity contribution >= 4 is 5.97 Å². The van der Waals surface area contributed by atoms with Gasteiger partial charge in [-0.1, -0.05) is 155 Å². The van der Waals surface area contributed by atoms with E-state index in [0.29, 0.717) is 32.8 Å². The van der Waals surface area contributed by atoms with Gasteiger partial charge in [0.15, 0.2) is 0 Å². The number of rotatable bonds is 33. The lowest BCUT2D eigenvalue weighted by atomic mass is 10.0. The number of carbonyl (C=O) groups excluding carboxylic acids is 1. The Kier molecular flexibility index (Phi) is 33.9. The first-order chi connectivity index (χ1) is 18.8. The van der Waals surface area contributed by atoms with Gasteiger partial charge in [-0.05, 0) is 19.3 Å². The maximum atomic E-state index is 11.8. The number of carbonyl (C=O) groups is 1. The van der Waals surface area contributed by atoms with Crippen molar-refractivity contribution in [3.05, 3.63) is 0 Å². The minimum Gasteiger partial charge on any atom is -0.466 e. The van der Waals surface area contributed by atoms with Crippen molar-refractivity contribution in [2.45, 2.75) is 181 Å². The van der Waals surface area contributed by atoms with Crippen molar-refractivity contribution in [3.8, 4) is 0 Å². The molecule has 0 aromatic carbocycles. The average molecular weight is 541 g/mol. The largest absolute Gasteiger partial charge is 0.466 e.